The summed E-state index contributed by atoms with van der Waals surface area (Å²) in [6.45, 7) is 6.96. The molecular formula is C25H35NO2. The Labute approximate surface area is 170 Å². The van der Waals surface area contributed by atoms with Gasteiger partial charge in [-0.15, -0.1) is 0 Å². The van der Waals surface area contributed by atoms with Crippen molar-refractivity contribution in [3.8, 4) is 0 Å². The molecule has 3 heteroatoms. The van der Waals surface area contributed by atoms with E-state index in [1.54, 1.807) is 48.5 Å². The van der Waals surface area contributed by atoms with Crippen molar-refractivity contribution in [2.24, 2.45) is 0 Å². The number of ketones is 2. The summed E-state index contributed by atoms with van der Waals surface area (Å²) in [5.41, 5.74) is 0.854. The SMILES string of the molecule is CCCCCCCCN(C)CC.O=C(C(=O)c1ccccc1)c1ccccc1. The van der Waals surface area contributed by atoms with E-state index >= 15 is 0 Å². The first kappa shape index (κ1) is 23.8. The van der Waals surface area contributed by atoms with Crippen LogP contribution in [0.25, 0.3) is 0 Å². The highest BCUT2D eigenvalue weighted by Gasteiger charge is 2.17. The number of carbonyl (C=O) groups excluding carboxylic acids is 2. The molecule has 0 saturated carbocycles. The van der Waals surface area contributed by atoms with Crippen molar-refractivity contribution in [3.63, 3.8) is 0 Å². The Kier molecular flexibility index (Phi) is 12.5. The first-order valence-corrected chi connectivity index (χ1v) is 10.5. The minimum absolute atomic E-state index is 0.427. The standard InChI is InChI=1S/C14H10O2.C11H25N/c15-13(11-7-3-1-4-8-11)14(16)12-9-5-2-6-10-12;1-4-6-7-8-9-10-11-12(3)5-2/h1-10H;4-11H2,1-3H3. The number of Topliss-reactive ketones (excluding diaryl/α,β-unsaturated/α-hetero) is 2. The van der Waals surface area contributed by atoms with Gasteiger partial charge in [0.25, 0.3) is 0 Å². The highest BCUT2D eigenvalue weighted by molar-refractivity contribution is 6.49. The smallest absolute Gasteiger partial charge is 0.233 e. The van der Waals surface area contributed by atoms with Crippen LogP contribution in [0.3, 0.4) is 0 Å². The molecule has 0 saturated heterocycles. The Bertz CT molecular complexity index is 618. The van der Waals surface area contributed by atoms with Crippen LogP contribution in [0.5, 0.6) is 0 Å². The van der Waals surface area contributed by atoms with Crippen LogP contribution in [0.1, 0.15) is 73.1 Å². The highest BCUT2D eigenvalue weighted by Crippen LogP contribution is 2.07. The lowest BCUT2D eigenvalue weighted by atomic mass is 10.0. The summed E-state index contributed by atoms with van der Waals surface area (Å²) in [5.74, 6) is -0.932. The monoisotopic (exact) mass is 381 g/mol. The third kappa shape index (κ3) is 9.61. The largest absolute Gasteiger partial charge is 0.307 e. The first-order chi connectivity index (χ1) is 13.6. The lowest BCUT2D eigenvalue weighted by Crippen LogP contribution is -2.18. The molecule has 0 bridgehead atoms. The molecule has 0 amide bonds. The van der Waals surface area contributed by atoms with Crippen molar-refractivity contribution in [2.45, 2.75) is 52.4 Å². The van der Waals surface area contributed by atoms with Gasteiger partial charge < -0.3 is 4.90 Å². The minimum Gasteiger partial charge on any atom is -0.307 e. The van der Waals surface area contributed by atoms with Gasteiger partial charge in [-0.25, -0.2) is 0 Å². The predicted molar refractivity (Wildman–Crippen MR) is 118 cm³/mol. The van der Waals surface area contributed by atoms with Crippen molar-refractivity contribution in [1.29, 1.82) is 0 Å². The van der Waals surface area contributed by atoms with E-state index in [0.717, 1.165) is 0 Å². The second-order valence-corrected chi connectivity index (χ2v) is 7.05. The zero-order chi connectivity index (χ0) is 20.6. The second-order valence-electron chi connectivity index (χ2n) is 7.05. The Morgan fingerprint density at radius 3 is 1.54 bits per heavy atom. The Morgan fingerprint density at radius 2 is 1.11 bits per heavy atom. The number of benzene rings is 2. The summed E-state index contributed by atoms with van der Waals surface area (Å²) < 4.78 is 0. The van der Waals surface area contributed by atoms with Gasteiger partial charge in [0.2, 0.25) is 11.6 Å². The minimum atomic E-state index is -0.466. The molecule has 28 heavy (non-hydrogen) atoms. The molecule has 2 aromatic carbocycles. The molecule has 0 aromatic heterocycles. The zero-order valence-electron chi connectivity index (χ0n) is 17.7. The van der Waals surface area contributed by atoms with Crippen molar-refractivity contribution in [1.82, 2.24) is 4.90 Å². The molecule has 152 valence electrons. The van der Waals surface area contributed by atoms with Crippen molar-refractivity contribution < 1.29 is 9.59 Å². The van der Waals surface area contributed by atoms with Crippen LogP contribution in [0.15, 0.2) is 60.7 Å². The molecule has 0 aliphatic carbocycles. The number of hydrogen-bond acceptors (Lipinski definition) is 3. The molecule has 0 N–H and O–H groups in total. The summed E-state index contributed by atoms with van der Waals surface area (Å²) in [6, 6.07) is 17.2. The van der Waals surface area contributed by atoms with E-state index in [2.05, 4.69) is 25.8 Å². The van der Waals surface area contributed by atoms with E-state index in [9.17, 15) is 9.59 Å². The van der Waals surface area contributed by atoms with Gasteiger partial charge in [0, 0.05) is 11.1 Å². The van der Waals surface area contributed by atoms with E-state index in [1.165, 1.54) is 51.6 Å². The van der Waals surface area contributed by atoms with Crippen LogP contribution in [0.2, 0.25) is 0 Å². The Morgan fingerprint density at radius 1 is 0.679 bits per heavy atom. The van der Waals surface area contributed by atoms with Gasteiger partial charge in [-0.3, -0.25) is 9.59 Å². The maximum atomic E-state index is 11.8. The van der Waals surface area contributed by atoms with Gasteiger partial charge in [0.1, 0.15) is 0 Å². The van der Waals surface area contributed by atoms with Crippen LogP contribution < -0.4 is 0 Å². The average Bonchev–Trinajstić information content (AvgIpc) is 2.76. The fraction of sp³-hybridized carbons (Fsp3) is 0.440. The van der Waals surface area contributed by atoms with Gasteiger partial charge in [-0.05, 0) is 26.6 Å². The molecule has 0 atom stereocenters. The number of unbranched alkanes of at least 4 members (excludes halogenated alkanes) is 5. The van der Waals surface area contributed by atoms with Crippen LogP contribution >= 0.6 is 0 Å². The summed E-state index contributed by atoms with van der Waals surface area (Å²) in [5, 5.41) is 0. The van der Waals surface area contributed by atoms with Crippen LogP contribution in [0, 0.1) is 0 Å². The van der Waals surface area contributed by atoms with Gasteiger partial charge in [-0.1, -0.05) is 107 Å². The van der Waals surface area contributed by atoms with Crippen molar-refractivity contribution in [2.75, 3.05) is 20.1 Å². The Balaban J connectivity index is 0.000000295. The van der Waals surface area contributed by atoms with Gasteiger partial charge >= 0.3 is 0 Å². The van der Waals surface area contributed by atoms with Crippen LogP contribution in [0.4, 0.5) is 0 Å². The summed E-state index contributed by atoms with van der Waals surface area (Å²) >= 11 is 0. The molecule has 0 spiro atoms. The molecule has 2 aromatic rings. The third-order valence-electron chi connectivity index (χ3n) is 4.71. The number of rotatable bonds is 11. The number of nitrogens with zero attached hydrogens (tertiary/aromatic N) is 1. The number of hydrogen-bond donors (Lipinski definition) is 0. The molecule has 0 radical (unpaired) electrons. The first-order valence-electron chi connectivity index (χ1n) is 10.5. The maximum Gasteiger partial charge on any atom is 0.233 e. The number of carbonyl (C=O) groups is 2. The molecular weight excluding hydrogens is 346 g/mol. The van der Waals surface area contributed by atoms with Gasteiger partial charge in [-0.2, -0.15) is 0 Å². The molecule has 0 aliphatic heterocycles. The van der Waals surface area contributed by atoms with Crippen molar-refractivity contribution >= 4 is 11.6 Å². The lowest BCUT2D eigenvalue weighted by molar-refractivity contribution is 0.0817. The van der Waals surface area contributed by atoms with Crippen LogP contribution in [-0.2, 0) is 0 Å². The summed E-state index contributed by atoms with van der Waals surface area (Å²) in [4.78, 5) is 26.0. The Hall–Kier alpha value is -2.26. The molecule has 0 heterocycles. The summed E-state index contributed by atoms with van der Waals surface area (Å²) in [6.07, 6.45) is 8.45. The lowest BCUT2D eigenvalue weighted by Gasteiger charge is -2.12. The molecule has 0 fully saturated rings. The van der Waals surface area contributed by atoms with Gasteiger partial charge in [0.05, 0.1) is 0 Å². The third-order valence-corrected chi connectivity index (χ3v) is 4.71. The topological polar surface area (TPSA) is 37.4 Å². The quantitative estimate of drug-likeness (QED) is 0.270. The van der Waals surface area contributed by atoms with Crippen LogP contribution in [-0.4, -0.2) is 36.6 Å². The molecule has 0 aliphatic rings. The van der Waals surface area contributed by atoms with Crippen molar-refractivity contribution in [3.05, 3.63) is 71.8 Å². The van der Waals surface area contributed by atoms with E-state index in [0.29, 0.717) is 11.1 Å². The highest BCUT2D eigenvalue weighted by atomic mass is 16.2. The van der Waals surface area contributed by atoms with E-state index in [4.69, 9.17) is 0 Å². The van der Waals surface area contributed by atoms with Gasteiger partial charge in [0.15, 0.2) is 0 Å². The second kappa shape index (κ2) is 14.8. The van der Waals surface area contributed by atoms with E-state index in [1.807, 2.05) is 12.1 Å². The normalized spacial score (nSPS) is 10.3. The molecule has 3 nitrogen and oxygen atoms in total. The summed E-state index contributed by atoms with van der Waals surface area (Å²) in [7, 11) is 2.20. The van der Waals surface area contributed by atoms with E-state index in [-0.39, 0.29) is 0 Å². The predicted octanol–water partition coefficient (Wildman–Crippen LogP) is 6.05. The molecule has 2 rings (SSSR count). The zero-order valence-corrected chi connectivity index (χ0v) is 17.7. The fourth-order valence-electron chi connectivity index (χ4n) is 2.76. The fourth-order valence-corrected chi connectivity index (χ4v) is 2.76. The maximum absolute atomic E-state index is 11.8. The molecule has 0 unspecified atom stereocenters. The van der Waals surface area contributed by atoms with E-state index < -0.39 is 11.6 Å². The average molecular weight is 382 g/mol.